The number of aromatic nitrogens is 1. The monoisotopic (exact) mass is 505 g/mol. The van der Waals surface area contributed by atoms with Crippen LogP contribution < -0.4 is 0 Å². The first-order chi connectivity index (χ1) is 18.4. The molecule has 0 saturated heterocycles. The van der Waals surface area contributed by atoms with Crippen molar-refractivity contribution in [1.82, 2.24) is 4.98 Å². The molecule has 0 spiro atoms. The van der Waals surface area contributed by atoms with Crippen LogP contribution in [0.1, 0.15) is 48.4 Å². The van der Waals surface area contributed by atoms with Crippen LogP contribution in [0.2, 0.25) is 0 Å². The number of fused-ring (bicyclic) bond motifs is 1. The van der Waals surface area contributed by atoms with Crippen LogP contribution in [-0.2, 0) is 6.42 Å². The summed E-state index contributed by atoms with van der Waals surface area (Å²) in [5, 5.41) is 22.0. The topological polar surface area (TPSA) is 102 Å². The van der Waals surface area contributed by atoms with Gasteiger partial charge in [0, 0.05) is 23.4 Å². The highest BCUT2D eigenvalue weighted by Crippen LogP contribution is 2.32. The predicted molar refractivity (Wildman–Crippen MR) is 149 cm³/mol. The van der Waals surface area contributed by atoms with Crippen molar-refractivity contribution in [2.24, 2.45) is 4.99 Å². The van der Waals surface area contributed by atoms with Crippen LogP contribution in [0.15, 0.2) is 94.3 Å². The van der Waals surface area contributed by atoms with Gasteiger partial charge in [-0.05, 0) is 77.9 Å². The van der Waals surface area contributed by atoms with E-state index in [-0.39, 0.29) is 11.3 Å². The van der Waals surface area contributed by atoms with Crippen molar-refractivity contribution in [2.75, 3.05) is 0 Å². The zero-order valence-electron chi connectivity index (χ0n) is 21.2. The predicted octanol–water partition coefficient (Wildman–Crippen LogP) is 7.96. The largest absolute Gasteiger partial charge is 0.502 e. The lowest BCUT2D eigenvalue weighted by Gasteiger charge is -2.07. The van der Waals surface area contributed by atoms with E-state index in [0.29, 0.717) is 29.5 Å². The van der Waals surface area contributed by atoms with Gasteiger partial charge in [-0.2, -0.15) is 0 Å². The van der Waals surface area contributed by atoms with Gasteiger partial charge in [-0.3, -0.25) is 15.1 Å². The molecule has 38 heavy (non-hydrogen) atoms. The molecular formula is C31H27N3O4. The summed E-state index contributed by atoms with van der Waals surface area (Å²) in [5.41, 5.74) is 5.90. The first-order valence-electron chi connectivity index (χ1n) is 12.5. The molecule has 0 saturated carbocycles. The van der Waals surface area contributed by atoms with Crippen LogP contribution in [0.25, 0.3) is 22.6 Å². The van der Waals surface area contributed by atoms with E-state index in [9.17, 15) is 15.2 Å². The van der Waals surface area contributed by atoms with Crippen molar-refractivity contribution in [3.8, 4) is 17.2 Å². The molecule has 1 atom stereocenters. The number of hydrogen-bond acceptors (Lipinski definition) is 6. The van der Waals surface area contributed by atoms with E-state index in [1.54, 1.807) is 6.07 Å². The van der Waals surface area contributed by atoms with E-state index in [1.807, 2.05) is 60.7 Å². The maximum Gasteiger partial charge on any atom is 0.311 e. The quantitative estimate of drug-likeness (QED) is 0.131. The van der Waals surface area contributed by atoms with Crippen molar-refractivity contribution < 1.29 is 14.4 Å². The summed E-state index contributed by atoms with van der Waals surface area (Å²) >= 11 is 0. The molecule has 0 radical (unpaired) electrons. The summed E-state index contributed by atoms with van der Waals surface area (Å²) in [7, 11) is 0. The van der Waals surface area contributed by atoms with Gasteiger partial charge >= 0.3 is 5.69 Å². The molecule has 1 aromatic heterocycles. The lowest BCUT2D eigenvalue weighted by Crippen LogP contribution is -1.97. The molecule has 0 fully saturated rings. The third kappa shape index (κ3) is 5.32. The molecule has 5 aromatic rings. The fourth-order valence-corrected chi connectivity index (χ4v) is 4.32. The SMILES string of the molecule is CC[C@@H](C)c1ccc2oc(-c3ccc(N=Cc4cc(Cc5ccccc5)cc([N+](=O)[O-])c4O)cc3)nc2c1. The lowest BCUT2D eigenvalue weighted by molar-refractivity contribution is -0.385. The molecule has 1 N–H and O–H groups in total. The number of oxazole rings is 1. The molecule has 0 unspecified atom stereocenters. The summed E-state index contributed by atoms with van der Waals surface area (Å²) in [6.45, 7) is 4.36. The van der Waals surface area contributed by atoms with Gasteiger partial charge in [0.1, 0.15) is 5.52 Å². The average molecular weight is 506 g/mol. The molecule has 0 amide bonds. The van der Waals surface area contributed by atoms with Gasteiger partial charge in [-0.25, -0.2) is 4.98 Å². The number of rotatable bonds is 8. The Labute approximate surface area is 220 Å². The second-order valence-corrected chi connectivity index (χ2v) is 9.33. The number of phenols is 1. The maximum atomic E-state index is 11.5. The molecular weight excluding hydrogens is 478 g/mol. The fourth-order valence-electron chi connectivity index (χ4n) is 4.32. The number of hydrogen-bond donors (Lipinski definition) is 1. The highest BCUT2D eigenvalue weighted by Gasteiger charge is 2.18. The standard InChI is InChI=1S/C31H27N3O4/c1-3-20(2)24-11-14-29-27(18-24)33-31(38-29)23-9-12-26(13-10-23)32-19-25-16-22(15-21-7-5-4-6-8-21)17-28(30(25)35)34(36)37/h4-14,16-20,35H,3,15H2,1-2H3/t20-/m1/s1. The summed E-state index contributed by atoms with van der Waals surface area (Å²) in [6, 6.07) is 26.2. The van der Waals surface area contributed by atoms with E-state index >= 15 is 0 Å². The van der Waals surface area contributed by atoms with E-state index in [4.69, 9.17) is 4.42 Å². The number of aromatic hydroxyl groups is 1. The molecule has 7 nitrogen and oxygen atoms in total. The number of aliphatic imine (C=N–C) groups is 1. The minimum atomic E-state index is -0.581. The summed E-state index contributed by atoms with van der Waals surface area (Å²) in [4.78, 5) is 20.1. The Kier molecular flexibility index (Phi) is 7.00. The Hall–Kier alpha value is -4.78. The first kappa shape index (κ1) is 24.9. The highest BCUT2D eigenvalue weighted by molar-refractivity contribution is 5.88. The van der Waals surface area contributed by atoms with Crippen molar-refractivity contribution in [3.63, 3.8) is 0 Å². The van der Waals surface area contributed by atoms with Crippen LogP contribution in [-0.4, -0.2) is 21.2 Å². The number of nitro groups is 1. The van der Waals surface area contributed by atoms with Crippen LogP contribution in [0, 0.1) is 10.1 Å². The smallest absolute Gasteiger partial charge is 0.311 e. The van der Waals surface area contributed by atoms with Gasteiger partial charge in [0.25, 0.3) is 0 Å². The number of benzene rings is 4. The molecule has 0 bridgehead atoms. The molecule has 1 heterocycles. The molecule has 7 heteroatoms. The van der Waals surface area contributed by atoms with Gasteiger partial charge in [-0.15, -0.1) is 0 Å². The van der Waals surface area contributed by atoms with Gasteiger partial charge in [0.15, 0.2) is 5.58 Å². The fraction of sp³-hybridized carbons (Fsp3) is 0.161. The van der Waals surface area contributed by atoms with E-state index in [1.165, 1.54) is 17.8 Å². The van der Waals surface area contributed by atoms with Crippen molar-refractivity contribution in [1.29, 1.82) is 0 Å². The van der Waals surface area contributed by atoms with Gasteiger partial charge in [0.2, 0.25) is 11.6 Å². The minimum absolute atomic E-state index is 0.283. The Morgan fingerprint density at radius 2 is 1.79 bits per heavy atom. The molecule has 5 rings (SSSR count). The second kappa shape index (κ2) is 10.7. The van der Waals surface area contributed by atoms with Crippen molar-refractivity contribution in [3.05, 3.63) is 117 Å². The van der Waals surface area contributed by atoms with Gasteiger partial charge in [-0.1, -0.05) is 50.2 Å². The summed E-state index contributed by atoms with van der Waals surface area (Å²) < 4.78 is 5.96. The minimum Gasteiger partial charge on any atom is -0.502 e. The van der Waals surface area contributed by atoms with E-state index < -0.39 is 10.7 Å². The third-order valence-corrected chi connectivity index (χ3v) is 6.69. The second-order valence-electron chi connectivity index (χ2n) is 9.33. The van der Waals surface area contributed by atoms with Crippen LogP contribution in [0.5, 0.6) is 5.75 Å². The number of phenolic OH excluding ortho intramolecular Hbond substituents is 1. The Morgan fingerprint density at radius 3 is 2.50 bits per heavy atom. The van der Waals surface area contributed by atoms with E-state index in [0.717, 1.165) is 28.6 Å². The van der Waals surface area contributed by atoms with Gasteiger partial charge < -0.3 is 9.52 Å². The molecule has 0 aliphatic heterocycles. The van der Waals surface area contributed by atoms with Crippen molar-refractivity contribution in [2.45, 2.75) is 32.6 Å². The van der Waals surface area contributed by atoms with Crippen LogP contribution in [0.4, 0.5) is 11.4 Å². The zero-order chi connectivity index (χ0) is 26.6. The van der Waals surface area contributed by atoms with E-state index in [2.05, 4.69) is 36.0 Å². The van der Waals surface area contributed by atoms with Crippen molar-refractivity contribution >= 4 is 28.7 Å². The van der Waals surface area contributed by atoms with Gasteiger partial charge in [0.05, 0.1) is 10.6 Å². The normalized spacial score (nSPS) is 12.3. The van der Waals surface area contributed by atoms with Crippen LogP contribution >= 0.6 is 0 Å². The first-order valence-corrected chi connectivity index (χ1v) is 12.5. The molecule has 190 valence electrons. The Morgan fingerprint density at radius 1 is 1.03 bits per heavy atom. The molecule has 4 aromatic carbocycles. The lowest BCUT2D eigenvalue weighted by atomic mass is 9.98. The van der Waals surface area contributed by atoms with Crippen LogP contribution in [0.3, 0.4) is 0 Å². The summed E-state index contributed by atoms with van der Waals surface area (Å²) in [6.07, 6.45) is 3.00. The average Bonchev–Trinajstić information content (AvgIpc) is 3.37. The number of nitrogens with zero attached hydrogens (tertiary/aromatic N) is 3. The summed E-state index contributed by atoms with van der Waals surface area (Å²) in [5.74, 6) is 0.575. The Balaban J connectivity index is 1.39. The zero-order valence-corrected chi connectivity index (χ0v) is 21.2. The highest BCUT2D eigenvalue weighted by atomic mass is 16.6. The molecule has 0 aliphatic rings. The molecule has 0 aliphatic carbocycles. The third-order valence-electron chi connectivity index (χ3n) is 6.69. The number of nitro benzene ring substituents is 1. The Bertz CT molecular complexity index is 1620. The maximum absolute atomic E-state index is 11.5.